The minimum Gasteiger partial charge on any atom is -0.434 e. The standard InChI is InChI=1S/C25H12F13IN2O3/c26-19-12(2-1-3-15(19)41-20(43)10-4-5-18(40-9-10)23(30,31)32)16(42)8-13-14(39)6-11(7-17(13)44-21(27)28)22(29,24(33,34)35)25(36,37)38/h1-7,9,21H,8H2,(H,41,43). The Morgan fingerprint density at radius 1 is 0.909 bits per heavy atom. The maximum atomic E-state index is 15.2. The van der Waals surface area contributed by atoms with Gasteiger partial charge in [0.25, 0.3) is 5.91 Å². The van der Waals surface area contributed by atoms with Crippen LogP contribution in [0.15, 0.2) is 48.7 Å². The molecule has 1 heterocycles. The Labute approximate surface area is 250 Å². The van der Waals surface area contributed by atoms with E-state index in [4.69, 9.17) is 0 Å². The second-order valence-corrected chi connectivity index (χ2v) is 9.78. The first-order valence-electron chi connectivity index (χ1n) is 11.3. The van der Waals surface area contributed by atoms with Crippen molar-refractivity contribution in [2.24, 2.45) is 0 Å². The Hall–Kier alpha value is -3.65. The zero-order valence-electron chi connectivity index (χ0n) is 20.9. The van der Waals surface area contributed by atoms with Crippen molar-refractivity contribution in [3.8, 4) is 5.75 Å². The van der Waals surface area contributed by atoms with Gasteiger partial charge in [0.15, 0.2) is 11.6 Å². The number of carbonyl (C=O) groups excluding carboxylic acids is 2. The fourth-order valence-electron chi connectivity index (χ4n) is 3.66. The van der Waals surface area contributed by atoms with E-state index in [1.807, 2.05) is 5.32 Å². The molecule has 3 aromatic rings. The molecule has 0 saturated heterocycles. The van der Waals surface area contributed by atoms with Gasteiger partial charge in [0, 0.05) is 27.3 Å². The van der Waals surface area contributed by atoms with Crippen molar-refractivity contribution in [2.45, 2.75) is 37.2 Å². The number of anilines is 1. The van der Waals surface area contributed by atoms with Gasteiger partial charge in [0.2, 0.25) is 0 Å². The summed E-state index contributed by atoms with van der Waals surface area (Å²) < 4.78 is 176. The van der Waals surface area contributed by atoms with Gasteiger partial charge in [-0.3, -0.25) is 14.6 Å². The monoisotopic (exact) mass is 762 g/mol. The minimum absolute atomic E-state index is 0.00752. The molecule has 0 atom stereocenters. The van der Waals surface area contributed by atoms with Gasteiger partial charge in [-0.25, -0.2) is 8.78 Å². The normalized spacial score (nSPS) is 12.8. The number of amides is 1. The van der Waals surface area contributed by atoms with Crippen molar-refractivity contribution in [2.75, 3.05) is 5.32 Å². The van der Waals surface area contributed by atoms with Gasteiger partial charge in [-0.2, -0.15) is 48.3 Å². The summed E-state index contributed by atoms with van der Waals surface area (Å²) in [7, 11) is 0. The summed E-state index contributed by atoms with van der Waals surface area (Å²) in [5.41, 5.74) is -12.3. The summed E-state index contributed by atoms with van der Waals surface area (Å²) in [6.45, 7) is -3.87. The topological polar surface area (TPSA) is 68.3 Å². The molecule has 2 aromatic carbocycles. The van der Waals surface area contributed by atoms with Crippen LogP contribution in [-0.4, -0.2) is 35.6 Å². The van der Waals surface area contributed by atoms with Gasteiger partial charge in [-0.05, 0) is 59.0 Å². The predicted molar refractivity (Wildman–Crippen MR) is 132 cm³/mol. The molecule has 238 valence electrons. The lowest BCUT2D eigenvalue weighted by Gasteiger charge is -2.31. The largest absolute Gasteiger partial charge is 0.435 e. The van der Waals surface area contributed by atoms with Gasteiger partial charge in [0.1, 0.15) is 11.4 Å². The molecule has 0 aliphatic carbocycles. The number of benzene rings is 2. The van der Waals surface area contributed by atoms with Crippen LogP contribution in [-0.2, 0) is 18.3 Å². The van der Waals surface area contributed by atoms with E-state index in [0.717, 1.165) is 46.9 Å². The van der Waals surface area contributed by atoms with Crippen LogP contribution in [0.5, 0.6) is 5.75 Å². The first-order chi connectivity index (χ1) is 20.1. The molecule has 0 saturated carbocycles. The molecule has 0 radical (unpaired) electrons. The molecule has 1 aromatic heterocycles. The fourth-order valence-corrected chi connectivity index (χ4v) is 4.45. The zero-order chi connectivity index (χ0) is 33.4. The van der Waals surface area contributed by atoms with E-state index in [2.05, 4.69) is 9.72 Å². The SMILES string of the molecule is O=C(Nc1cccc(C(=O)Cc2c(I)cc(C(F)(C(F)(F)F)C(F)(F)F)cc2OC(F)F)c1F)c1ccc(C(F)(F)F)nc1. The Balaban J connectivity index is 1.97. The van der Waals surface area contributed by atoms with E-state index < -0.39 is 97.7 Å². The van der Waals surface area contributed by atoms with Crippen LogP contribution in [0.1, 0.15) is 37.5 Å². The number of halogens is 14. The summed E-state index contributed by atoms with van der Waals surface area (Å²) in [5, 5.41) is 1.98. The summed E-state index contributed by atoms with van der Waals surface area (Å²) in [5.74, 6) is -5.37. The van der Waals surface area contributed by atoms with E-state index in [0.29, 0.717) is 12.3 Å². The highest BCUT2D eigenvalue weighted by Crippen LogP contribution is 2.54. The Bertz CT molecular complexity index is 1540. The number of ketones is 1. The molecule has 1 amide bonds. The third-order valence-electron chi connectivity index (χ3n) is 5.75. The van der Waals surface area contributed by atoms with E-state index in [1.165, 1.54) is 0 Å². The molecule has 0 fully saturated rings. The zero-order valence-corrected chi connectivity index (χ0v) is 23.0. The third kappa shape index (κ3) is 7.17. The Morgan fingerprint density at radius 2 is 1.52 bits per heavy atom. The van der Waals surface area contributed by atoms with Gasteiger partial charge < -0.3 is 10.1 Å². The van der Waals surface area contributed by atoms with Crippen LogP contribution in [0.4, 0.5) is 62.8 Å². The third-order valence-corrected chi connectivity index (χ3v) is 6.71. The van der Waals surface area contributed by atoms with Gasteiger partial charge in [-0.1, -0.05) is 6.07 Å². The maximum absolute atomic E-state index is 15.2. The Kier molecular flexibility index (Phi) is 9.81. The molecular weight excluding hydrogens is 750 g/mol. The van der Waals surface area contributed by atoms with Crippen LogP contribution >= 0.6 is 22.6 Å². The molecule has 19 heteroatoms. The van der Waals surface area contributed by atoms with Crippen molar-refractivity contribution in [1.29, 1.82) is 0 Å². The van der Waals surface area contributed by atoms with Crippen LogP contribution in [0.2, 0.25) is 0 Å². The van der Waals surface area contributed by atoms with Crippen LogP contribution in [0.3, 0.4) is 0 Å². The highest BCUT2D eigenvalue weighted by atomic mass is 127. The van der Waals surface area contributed by atoms with Crippen molar-refractivity contribution in [3.63, 3.8) is 0 Å². The van der Waals surface area contributed by atoms with Crippen LogP contribution in [0.25, 0.3) is 0 Å². The molecule has 1 N–H and O–H groups in total. The highest BCUT2D eigenvalue weighted by molar-refractivity contribution is 14.1. The quantitative estimate of drug-likeness (QED) is 0.142. The molecule has 0 bridgehead atoms. The molecule has 0 unspecified atom stereocenters. The summed E-state index contributed by atoms with van der Waals surface area (Å²) >= 11 is 1.05. The second-order valence-electron chi connectivity index (χ2n) is 8.62. The molecule has 0 aliphatic rings. The number of aromatic nitrogens is 1. The average molecular weight is 762 g/mol. The average Bonchev–Trinajstić information content (AvgIpc) is 2.89. The second kappa shape index (κ2) is 12.4. The number of Topliss-reactive ketones (excluding diaryl/α,β-unsaturated/α-hetero) is 1. The lowest BCUT2D eigenvalue weighted by Crippen LogP contribution is -2.50. The number of hydrogen-bond acceptors (Lipinski definition) is 4. The molecular formula is C25H12F13IN2O3. The molecule has 3 rings (SSSR count). The van der Waals surface area contributed by atoms with Crippen LogP contribution < -0.4 is 10.1 Å². The maximum Gasteiger partial charge on any atom is 0.435 e. The van der Waals surface area contributed by atoms with Crippen molar-refractivity contribution in [1.82, 2.24) is 4.98 Å². The van der Waals surface area contributed by atoms with Crippen molar-refractivity contribution >= 4 is 40.0 Å². The molecule has 0 aliphatic heterocycles. The number of rotatable bonds is 8. The van der Waals surface area contributed by atoms with E-state index in [-0.39, 0.29) is 12.1 Å². The van der Waals surface area contributed by atoms with Gasteiger partial charge in [0.05, 0.1) is 16.8 Å². The summed E-state index contributed by atoms with van der Waals surface area (Å²) in [4.78, 5) is 28.4. The lowest BCUT2D eigenvalue weighted by atomic mass is 9.91. The molecule has 44 heavy (non-hydrogen) atoms. The van der Waals surface area contributed by atoms with Crippen LogP contribution in [0, 0.1) is 9.39 Å². The molecule has 5 nitrogen and oxygen atoms in total. The Morgan fingerprint density at radius 3 is 2.02 bits per heavy atom. The number of hydrogen-bond donors (Lipinski definition) is 1. The van der Waals surface area contributed by atoms with Gasteiger partial charge in [-0.15, -0.1) is 0 Å². The number of carbonyl (C=O) groups is 2. The number of alkyl halides is 12. The van der Waals surface area contributed by atoms with Crippen molar-refractivity contribution < 1.29 is 71.4 Å². The first kappa shape index (κ1) is 34.8. The summed E-state index contributed by atoms with van der Waals surface area (Å²) in [6, 6.07) is 3.63. The fraction of sp³-hybridized carbons (Fsp3) is 0.240. The van der Waals surface area contributed by atoms with Gasteiger partial charge >= 0.3 is 30.8 Å². The summed E-state index contributed by atoms with van der Waals surface area (Å²) in [6.07, 6.45) is -18.7. The van der Waals surface area contributed by atoms with E-state index >= 15 is 4.39 Å². The highest BCUT2D eigenvalue weighted by Gasteiger charge is 2.73. The number of nitrogens with zero attached hydrogens (tertiary/aromatic N) is 1. The smallest absolute Gasteiger partial charge is 0.434 e. The lowest BCUT2D eigenvalue weighted by molar-refractivity contribution is -0.348. The first-order valence-corrected chi connectivity index (χ1v) is 12.4. The molecule has 0 spiro atoms. The van der Waals surface area contributed by atoms with Crippen molar-refractivity contribution in [3.05, 3.63) is 86.0 Å². The van der Waals surface area contributed by atoms with E-state index in [1.54, 1.807) is 0 Å². The number of ether oxygens (including phenoxy) is 1. The van der Waals surface area contributed by atoms with E-state index in [9.17, 15) is 62.3 Å². The minimum atomic E-state index is -6.60. The predicted octanol–water partition coefficient (Wildman–Crippen LogP) is 8.41. The number of nitrogens with one attached hydrogen (secondary N) is 1. The number of pyridine rings is 1.